The van der Waals surface area contributed by atoms with Crippen molar-refractivity contribution in [1.29, 1.82) is 0 Å². The first-order chi connectivity index (χ1) is 9.56. The van der Waals surface area contributed by atoms with E-state index < -0.39 is 0 Å². The summed E-state index contributed by atoms with van der Waals surface area (Å²) in [4.78, 5) is 24.4. The number of aromatic nitrogens is 2. The first-order valence-electron chi connectivity index (χ1n) is 6.22. The highest BCUT2D eigenvalue weighted by Gasteiger charge is 2.14. The lowest BCUT2D eigenvalue weighted by molar-refractivity contribution is -0.0979. The van der Waals surface area contributed by atoms with E-state index in [0.717, 1.165) is 17.7 Å². The molecule has 0 spiro atoms. The highest BCUT2D eigenvalue weighted by molar-refractivity contribution is 6.30. The number of halogens is 1. The molecule has 0 fully saturated rings. The quantitative estimate of drug-likeness (QED) is 0.942. The smallest absolute Gasteiger partial charge is 0.258 e. The topological polar surface area (TPSA) is 63.5 Å². The van der Waals surface area contributed by atoms with E-state index in [4.69, 9.17) is 16.4 Å². The number of nitrogens with zero attached hydrogens (tertiary/aromatic N) is 2. The van der Waals surface area contributed by atoms with Crippen LogP contribution < -0.4 is 10.9 Å². The zero-order chi connectivity index (χ0) is 15.3. The fourth-order valence-electron chi connectivity index (χ4n) is 2.14. The highest BCUT2D eigenvalue weighted by atomic mass is 35.5. The van der Waals surface area contributed by atoms with Crippen molar-refractivity contribution in [2.24, 2.45) is 0 Å². The van der Waals surface area contributed by atoms with E-state index in [2.05, 4.69) is 17.2 Å². The Morgan fingerprint density at radius 2 is 2.10 bits per heavy atom. The van der Waals surface area contributed by atoms with Crippen LogP contribution in [-0.4, -0.2) is 23.2 Å². The van der Waals surface area contributed by atoms with Gasteiger partial charge in [-0.15, -0.1) is 0 Å². The molecule has 1 N–H and O–H groups in total. The molecule has 6 heteroatoms. The summed E-state index contributed by atoms with van der Waals surface area (Å²) in [6.07, 6.45) is 2.51. The molecule has 0 aliphatic heterocycles. The summed E-state index contributed by atoms with van der Waals surface area (Å²) >= 11 is 6.08. The average Bonchev–Trinajstić information content (AvgIpc) is 2.43. The van der Waals surface area contributed by atoms with E-state index >= 15 is 0 Å². The Morgan fingerprint density at radius 3 is 2.65 bits per heavy atom. The van der Waals surface area contributed by atoms with Gasteiger partial charge in [-0.3, -0.25) is 9.20 Å². The molecule has 0 aliphatic rings. The molecule has 1 atom stereocenters. The number of carbonyl (C=O) groups is 1. The number of carbonyl (C=O) groups excluding carboxylic acids is 1. The fourth-order valence-corrected chi connectivity index (χ4v) is 2.36. The van der Waals surface area contributed by atoms with Gasteiger partial charge in [-0.1, -0.05) is 18.5 Å². The number of aryl methyl sites for hydroxylation is 1. The monoisotopic (exact) mass is 295 g/mol. The van der Waals surface area contributed by atoms with Crippen molar-refractivity contribution in [1.82, 2.24) is 14.7 Å². The molecule has 1 unspecified atom stereocenters. The van der Waals surface area contributed by atoms with Crippen molar-refractivity contribution in [2.75, 3.05) is 7.05 Å². The van der Waals surface area contributed by atoms with Crippen LogP contribution in [0.4, 0.5) is 0 Å². The second-order valence-electron chi connectivity index (χ2n) is 4.29. The Kier molecular flexibility index (Phi) is 5.85. The third kappa shape index (κ3) is 3.23. The van der Waals surface area contributed by atoms with Crippen LogP contribution in [0.1, 0.15) is 30.6 Å². The van der Waals surface area contributed by atoms with Gasteiger partial charge in [0.15, 0.2) is 0 Å². The third-order valence-corrected chi connectivity index (χ3v) is 3.22. The van der Waals surface area contributed by atoms with Gasteiger partial charge in [-0.25, -0.2) is 4.98 Å². The summed E-state index contributed by atoms with van der Waals surface area (Å²) in [6, 6.07) is 3.51. The fraction of sp³-hybridized carbons (Fsp3) is 0.357. The first-order valence-corrected chi connectivity index (χ1v) is 6.60. The molecular weight excluding hydrogens is 278 g/mol. The van der Waals surface area contributed by atoms with Crippen molar-refractivity contribution in [3.8, 4) is 0 Å². The van der Waals surface area contributed by atoms with Gasteiger partial charge in [0, 0.05) is 29.6 Å². The van der Waals surface area contributed by atoms with Crippen LogP contribution in [0.2, 0.25) is 5.02 Å². The number of fused-ring (bicyclic) bond motifs is 1. The number of rotatable bonds is 3. The zero-order valence-corrected chi connectivity index (χ0v) is 12.6. The second-order valence-corrected chi connectivity index (χ2v) is 4.73. The zero-order valence-electron chi connectivity index (χ0n) is 11.8. The molecule has 20 heavy (non-hydrogen) atoms. The minimum Gasteiger partial charge on any atom is -0.313 e. The molecule has 0 saturated carbocycles. The lowest BCUT2D eigenvalue weighted by Gasteiger charge is -2.17. The number of nitrogens with one attached hydrogen (secondary N) is 1. The summed E-state index contributed by atoms with van der Waals surface area (Å²) < 4.78 is 1.50. The van der Waals surface area contributed by atoms with Crippen LogP contribution in [-0.2, 0) is 4.79 Å². The third-order valence-electron chi connectivity index (χ3n) is 3.02. The van der Waals surface area contributed by atoms with Gasteiger partial charge in [0.1, 0.15) is 12.4 Å². The highest BCUT2D eigenvalue weighted by Crippen LogP contribution is 2.23. The lowest BCUT2D eigenvalue weighted by Crippen LogP contribution is -2.21. The van der Waals surface area contributed by atoms with Crippen molar-refractivity contribution >= 4 is 24.0 Å². The maximum Gasteiger partial charge on any atom is 0.258 e. The Bertz CT molecular complexity index is 651. The van der Waals surface area contributed by atoms with E-state index in [1.54, 1.807) is 6.20 Å². The molecule has 0 amide bonds. The molecule has 5 nitrogen and oxygen atoms in total. The summed E-state index contributed by atoms with van der Waals surface area (Å²) in [5.74, 6) is 0. The van der Waals surface area contributed by atoms with Gasteiger partial charge < -0.3 is 10.1 Å². The Labute approximate surface area is 122 Å². The minimum atomic E-state index is -0.104. The molecule has 0 saturated heterocycles. The van der Waals surface area contributed by atoms with Crippen LogP contribution in [0.25, 0.3) is 5.65 Å². The molecule has 2 rings (SSSR count). The minimum absolute atomic E-state index is 0.104. The van der Waals surface area contributed by atoms with Crippen LogP contribution in [0, 0.1) is 6.92 Å². The number of hydrogen-bond acceptors (Lipinski definition) is 4. The Morgan fingerprint density at radius 1 is 1.45 bits per heavy atom. The summed E-state index contributed by atoms with van der Waals surface area (Å²) in [6.45, 7) is 5.90. The van der Waals surface area contributed by atoms with E-state index in [1.165, 1.54) is 10.5 Å². The van der Waals surface area contributed by atoms with E-state index in [1.807, 2.05) is 26.8 Å². The molecule has 2 aromatic rings. The van der Waals surface area contributed by atoms with Gasteiger partial charge in [-0.05, 0) is 26.5 Å². The predicted molar refractivity (Wildman–Crippen MR) is 80.4 cm³/mol. The van der Waals surface area contributed by atoms with Gasteiger partial charge in [0.25, 0.3) is 5.56 Å². The van der Waals surface area contributed by atoms with Gasteiger partial charge in [-0.2, -0.15) is 0 Å². The first kappa shape index (κ1) is 16.3. The normalized spacial score (nSPS) is 11.8. The van der Waals surface area contributed by atoms with Crippen molar-refractivity contribution in [3.05, 3.63) is 45.0 Å². The summed E-state index contributed by atoms with van der Waals surface area (Å²) in [5.41, 5.74) is 2.24. The largest absolute Gasteiger partial charge is 0.313 e. The lowest BCUT2D eigenvalue weighted by atomic mass is 10.1. The summed E-state index contributed by atoms with van der Waals surface area (Å²) in [7, 11) is 1.89. The number of pyridine rings is 1. The summed E-state index contributed by atoms with van der Waals surface area (Å²) in [5, 5.41) is 3.75. The van der Waals surface area contributed by atoms with Gasteiger partial charge in [0.05, 0.1) is 5.02 Å². The standard InChI is InChI=1S/C13H16ClN3O.CH2O/c1-4-11(15-3)10-6-9(14)7-17-12(18)5-8(2)16-13(10)17;1-2/h5-7,11,15H,4H2,1-3H3;1H2. The SMILES string of the molecule is C=O.CCC(NC)c1cc(Cl)cn2c(=O)cc(C)nc12. The van der Waals surface area contributed by atoms with Crippen molar-refractivity contribution < 1.29 is 4.79 Å². The second kappa shape index (κ2) is 7.17. The van der Waals surface area contributed by atoms with Crippen LogP contribution in [0.3, 0.4) is 0 Å². The van der Waals surface area contributed by atoms with E-state index in [0.29, 0.717) is 10.7 Å². The molecule has 0 radical (unpaired) electrons. The van der Waals surface area contributed by atoms with Crippen LogP contribution in [0.5, 0.6) is 0 Å². The Balaban J connectivity index is 0.000000956. The maximum absolute atomic E-state index is 11.9. The van der Waals surface area contributed by atoms with Crippen molar-refractivity contribution in [2.45, 2.75) is 26.3 Å². The van der Waals surface area contributed by atoms with Gasteiger partial charge in [0.2, 0.25) is 0 Å². The molecule has 2 heterocycles. The molecule has 0 bridgehead atoms. The van der Waals surface area contributed by atoms with Crippen molar-refractivity contribution in [3.63, 3.8) is 0 Å². The van der Waals surface area contributed by atoms with E-state index in [-0.39, 0.29) is 11.6 Å². The molecular formula is C14H18ClN3O2. The predicted octanol–water partition coefficient (Wildman–Crippen LogP) is 2.14. The van der Waals surface area contributed by atoms with Gasteiger partial charge >= 0.3 is 0 Å². The molecule has 2 aromatic heterocycles. The maximum atomic E-state index is 11.9. The van der Waals surface area contributed by atoms with Crippen LogP contribution in [0.15, 0.2) is 23.1 Å². The molecule has 0 aliphatic carbocycles. The molecule has 108 valence electrons. The van der Waals surface area contributed by atoms with Crippen LogP contribution >= 0.6 is 11.6 Å². The number of hydrogen-bond donors (Lipinski definition) is 1. The Hall–Kier alpha value is -1.72. The average molecular weight is 296 g/mol. The van der Waals surface area contributed by atoms with E-state index in [9.17, 15) is 4.79 Å². The molecule has 0 aromatic carbocycles.